The maximum absolute atomic E-state index is 10.6. The van der Waals surface area contributed by atoms with Crippen LogP contribution in [0.4, 0.5) is 0 Å². The molecule has 0 aromatic heterocycles. The van der Waals surface area contributed by atoms with E-state index in [0.29, 0.717) is 6.61 Å². The Hall–Kier alpha value is -0.440. The highest BCUT2D eigenvalue weighted by molar-refractivity contribution is 4.94. The van der Waals surface area contributed by atoms with Crippen LogP contribution in [-0.4, -0.2) is 117 Å². The van der Waals surface area contributed by atoms with Crippen molar-refractivity contribution in [3.8, 4) is 0 Å². The van der Waals surface area contributed by atoms with E-state index in [4.69, 9.17) is 18.9 Å². The molecule has 0 aromatic carbocycles. The van der Waals surface area contributed by atoms with Crippen molar-refractivity contribution in [2.75, 3.05) is 19.8 Å². The number of aliphatic hydroxyl groups is 7. The van der Waals surface area contributed by atoms with Crippen molar-refractivity contribution >= 4 is 0 Å². The van der Waals surface area contributed by atoms with Gasteiger partial charge in [-0.05, 0) is 18.8 Å². The lowest BCUT2D eigenvalue weighted by Gasteiger charge is -2.46. The second kappa shape index (κ2) is 12.7. The van der Waals surface area contributed by atoms with E-state index in [2.05, 4.69) is 13.8 Å². The summed E-state index contributed by atoms with van der Waals surface area (Å²) in [7, 11) is 0. The van der Waals surface area contributed by atoms with Gasteiger partial charge < -0.3 is 54.7 Å². The van der Waals surface area contributed by atoms with Crippen LogP contribution in [0.15, 0.2) is 0 Å². The van der Waals surface area contributed by atoms with Crippen molar-refractivity contribution in [1.82, 2.24) is 0 Å². The largest absolute Gasteiger partial charge is 0.394 e. The van der Waals surface area contributed by atoms with E-state index in [1.807, 2.05) is 0 Å². The molecular weight excluding hydrogens is 416 g/mol. The predicted molar refractivity (Wildman–Crippen MR) is 106 cm³/mol. The van der Waals surface area contributed by atoms with Crippen LogP contribution < -0.4 is 0 Å². The number of hydrogen-bond acceptors (Lipinski definition) is 11. The van der Waals surface area contributed by atoms with Gasteiger partial charge in [0.15, 0.2) is 12.6 Å². The second-order valence-corrected chi connectivity index (χ2v) is 8.28. The van der Waals surface area contributed by atoms with Crippen LogP contribution in [0.3, 0.4) is 0 Å². The van der Waals surface area contributed by atoms with Crippen LogP contribution in [-0.2, 0) is 18.9 Å². The van der Waals surface area contributed by atoms with E-state index in [0.717, 1.165) is 25.7 Å². The fourth-order valence-electron chi connectivity index (χ4n) is 4.05. The smallest absolute Gasteiger partial charge is 0.187 e. The monoisotopic (exact) mass is 454 g/mol. The van der Waals surface area contributed by atoms with Gasteiger partial charge in [-0.1, -0.05) is 26.7 Å². The van der Waals surface area contributed by atoms with E-state index >= 15 is 0 Å². The first-order chi connectivity index (χ1) is 14.8. The maximum atomic E-state index is 10.6. The molecule has 7 N–H and O–H groups in total. The molecule has 2 rings (SSSR count). The number of hydrogen-bond donors (Lipinski definition) is 7. The highest BCUT2D eigenvalue weighted by Crippen LogP contribution is 2.30. The second-order valence-electron chi connectivity index (χ2n) is 8.28. The molecule has 11 nitrogen and oxygen atoms in total. The molecule has 0 aliphatic carbocycles. The first-order valence-electron chi connectivity index (χ1n) is 11.0. The van der Waals surface area contributed by atoms with Crippen molar-refractivity contribution < 1.29 is 54.7 Å². The number of aliphatic hydroxyl groups excluding tert-OH is 7. The van der Waals surface area contributed by atoms with Crippen molar-refractivity contribution in [2.45, 2.75) is 101 Å². The molecule has 0 aromatic rings. The Bertz CT molecular complexity index is 500. The topological polar surface area (TPSA) is 179 Å². The summed E-state index contributed by atoms with van der Waals surface area (Å²) in [6, 6.07) is 0. The third kappa shape index (κ3) is 6.55. The molecule has 0 saturated carbocycles. The van der Waals surface area contributed by atoms with Crippen LogP contribution in [0.5, 0.6) is 0 Å². The molecule has 2 saturated heterocycles. The van der Waals surface area contributed by atoms with Gasteiger partial charge in [-0.15, -0.1) is 0 Å². The summed E-state index contributed by atoms with van der Waals surface area (Å²) in [5.41, 5.74) is 0. The van der Waals surface area contributed by atoms with E-state index in [1.54, 1.807) is 0 Å². The van der Waals surface area contributed by atoms with E-state index in [1.165, 1.54) is 0 Å². The first-order valence-corrected chi connectivity index (χ1v) is 11.0. The molecule has 2 aliphatic heterocycles. The molecular formula is C20H38O11. The summed E-state index contributed by atoms with van der Waals surface area (Å²) < 4.78 is 22.1. The van der Waals surface area contributed by atoms with Gasteiger partial charge in [0.2, 0.25) is 0 Å². The lowest BCUT2D eigenvalue weighted by molar-refractivity contribution is -0.360. The molecule has 0 spiro atoms. The van der Waals surface area contributed by atoms with E-state index in [-0.39, 0.29) is 5.92 Å². The molecule has 0 radical (unpaired) electrons. The zero-order valence-electron chi connectivity index (χ0n) is 18.1. The molecule has 0 bridgehead atoms. The van der Waals surface area contributed by atoms with Gasteiger partial charge in [0.25, 0.3) is 0 Å². The van der Waals surface area contributed by atoms with Crippen molar-refractivity contribution in [3.63, 3.8) is 0 Å². The maximum Gasteiger partial charge on any atom is 0.187 e. The van der Waals surface area contributed by atoms with Gasteiger partial charge in [0, 0.05) is 0 Å². The molecule has 11 heteroatoms. The summed E-state index contributed by atoms with van der Waals surface area (Å²) in [6.07, 6.45) is -10.5. The number of ether oxygens (including phenoxy) is 4. The standard InChI is InChI=1S/C20H38O11/c1-3-5-10(6-4-2)9-28-19-17(27)15(25)18(12(8-22)30-19)31-20-16(26)14(24)13(23)11(7-21)29-20/h10-27H,3-9H2,1-2H3/t11?,12?,13-,14+,15-,16?,17?,18-,19-,20-/m1/s1. The minimum Gasteiger partial charge on any atom is -0.394 e. The molecule has 0 amide bonds. The van der Waals surface area contributed by atoms with E-state index in [9.17, 15) is 35.7 Å². The zero-order valence-corrected chi connectivity index (χ0v) is 18.1. The highest BCUT2D eigenvalue weighted by atomic mass is 16.7. The van der Waals surface area contributed by atoms with Gasteiger partial charge in [0.05, 0.1) is 19.8 Å². The van der Waals surface area contributed by atoms with Crippen molar-refractivity contribution in [3.05, 3.63) is 0 Å². The minimum atomic E-state index is -1.70. The molecule has 184 valence electrons. The molecule has 31 heavy (non-hydrogen) atoms. The van der Waals surface area contributed by atoms with Crippen LogP contribution in [0.1, 0.15) is 39.5 Å². The lowest BCUT2D eigenvalue weighted by atomic mass is 9.96. The Kier molecular flexibility index (Phi) is 11.0. The van der Waals surface area contributed by atoms with Crippen LogP contribution >= 0.6 is 0 Å². The first kappa shape index (κ1) is 26.8. The molecule has 2 aliphatic rings. The lowest BCUT2D eigenvalue weighted by Crippen LogP contribution is -2.64. The summed E-state index contributed by atoms with van der Waals surface area (Å²) >= 11 is 0. The predicted octanol–water partition coefficient (Wildman–Crippen LogP) is -2.16. The van der Waals surface area contributed by atoms with E-state index < -0.39 is 74.6 Å². The normalized spacial score (nSPS) is 41.6. The minimum absolute atomic E-state index is 0.276. The van der Waals surface area contributed by atoms with Crippen molar-refractivity contribution in [2.24, 2.45) is 5.92 Å². The van der Waals surface area contributed by atoms with Crippen LogP contribution in [0.2, 0.25) is 0 Å². The van der Waals surface area contributed by atoms with Crippen LogP contribution in [0, 0.1) is 5.92 Å². The fourth-order valence-corrected chi connectivity index (χ4v) is 4.05. The zero-order chi connectivity index (χ0) is 23.1. The highest BCUT2D eigenvalue weighted by Gasteiger charge is 2.50. The summed E-state index contributed by atoms with van der Waals surface area (Å²) in [4.78, 5) is 0. The van der Waals surface area contributed by atoms with Gasteiger partial charge in [0.1, 0.15) is 48.8 Å². The summed E-state index contributed by atoms with van der Waals surface area (Å²) in [5.74, 6) is 0.276. The summed E-state index contributed by atoms with van der Waals surface area (Å²) in [5, 5.41) is 70.0. The molecule has 2 heterocycles. The van der Waals surface area contributed by atoms with Gasteiger partial charge in [-0.25, -0.2) is 0 Å². The third-order valence-electron chi connectivity index (χ3n) is 5.85. The third-order valence-corrected chi connectivity index (χ3v) is 5.85. The average Bonchev–Trinajstić information content (AvgIpc) is 2.76. The Labute approximate surface area is 182 Å². The average molecular weight is 455 g/mol. The fraction of sp³-hybridized carbons (Fsp3) is 1.00. The Balaban J connectivity index is 2.03. The molecule has 2 fully saturated rings. The van der Waals surface area contributed by atoms with Crippen LogP contribution in [0.25, 0.3) is 0 Å². The Morgan fingerprint density at radius 1 is 0.710 bits per heavy atom. The van der Waals surface area contributed by atoms with Gasteiger partial charge in [-0.3, -0.25) is 0 Å². The quantitative estimate of drug-likeness (QED) is 0.181. The SMILES string of the molecule is CCCC(CCC)CO[C@@H]1OC(CO)[C@@H](O[C@H]2OC(CO)[C@@H](O)[C@H](O)C2O)[C@H](O)C1O. The Morgan fingerprint density at radius 3 is 1.81 bits per heavy atom. The van der Waals surface area contributed by atoms with Gasteiger partial charge >= 0.3 is 0 Å². The molecule has 4 unspecified atom stereocenters. The molecule has 10 atom stereocenters. The number of rotatable bonds is 11. The van der Waals surface area contributed by atoms with Gasteiger partial charge in [-0.2, -0.15) is 0 Å². The van der Waals surface area contributed by atoms with Crippen molar-refractivity contribution in [1.29, 1.82) is 0 Å². The Morgan fingerprint density at radius 2 is 1.26 bits per heavy atom. The summed E-state index contributed by atoms with van der Waals surface area (Å²) in [6.45, 7) is 3.24.